The third-order valence-corrected chi connectivity index (χ3v) is 3.85. The highest BCUT2D eigenvalue weighted by Gasteiger charge is 2.11. The number of carbonyl (C=O) groups is 2. The van der Waals surface area contributed by atoms with Crippen LogP contribution in [0.2, 0.25) is 0 Å². The van der Waals surface area contributed by atoms with Crippen molar-refractivity contribution < 1.29 is 29.6 Å². The molecule has 0 aromatic heterocycles. The Labute approximate surface area is 174 Å². The van der Waals surface area contributed by atoms with Gasteiger partial charge in [-0.3, -0.25) is 14.9 Å². The van der Waals surface area contributed by atoms with E-state index in [1.54, 1.807) is 0 Å². The van der Waals surface area contributed by atoms with Gasteiger partial charge < -0.3 is 15.1 Å². The van der Waals surface area contributed by atoms with Gasteiger partial charge in [0.05, 0.1) is 27.4 Å². The Bertz CT molecular complexity index is 1140. The number of phenolic OH excluding ortho intramolecular Hbond substituents is 2. The number of non-ortho nitro benzene ring substituents is 1. The molecule has 0 spiro atoms. The second-order valence-corrected chi connectivity index (χ2v) is 6.09. The van der Waals surface area contributed by atoms with Gasteiger partial charge in [0.1, 0.15) is 11.5 Å². The zero-order valence-corrected chi connectivity index (χ0v) is 15.6. The molecule has 0 atom stereocenters. The molecule has 3 aromatic rings. The topological polar surface area (TPSA) is 164 Å². The number of nitrogens with zero attached hydrogens (tertiary/aromatic N) is 3. The van der Waals surface area contributed by atoms with Crippen molar-refractivity contribution in [3.8, 4) is 11.5 Å². The number of phenols is 2. The summed E-state index contributed by atoms with van der Waals surface area (Å²) in [5, 5.41) is 36.7. The van der Waals surface area contributed by atoms with E-state index in [4.69, 9.17) is 4.84 Å². The molecule has 0 fully saturated rings. The molecule has 0 aliphatic carbocycles. The smallest absolute Gasteiger partial charge is 0.362 e. The summed E-state index contributed by atoms with van der Waals surface area (Å²) in [6.07, 6.45) is 0. The van der Waals surface area contributed by atoms with Gasteiger partial charge in [-0.15, -0.1) is 10.2 Å². The van der Waals surface area contributed by atoms with Crippen molar-refractivity contribution in [2.24, 2.45) is 10.2 Å². The summed E-state index contributed by atoms with van der Waals surface area (Å²) in [5.41, 5.74) is 3.11. The quantitative estimate of drug-likeness (QED) is 0.303. The number of nitro groups is 1. The normalized spacial score (nSPS) is 10.6. The Morgan fingerprint density at radius 2 is 1.52 bits per heavy atom. The van der Waals surface area contributed by atoms with Crippen molar-refractivity contribution in [3.63, 3.8) is 0 Å². The molecule has 0 unspecified atom stereocenters. The molecule has 0 heterocycles. The molecular weight excluding hydrogens is 408 g/mol. The highest BCUT2D eigenvalue weighted by atomic mass is 16.7. The molecule has 3 aromatic carbocycles. The second kappa shape index (κ2) is 9.13. The number of hydrogen-bond donors (Lipinski definition) is 3. The molecule has 0 radical (unpaired) electrons. The maximum atomic E-state index is 12.0. The maximum absolute atomic E-state index is 12.0. The third-order valence-electron chi connectivity index (χ3n) is 3.85. The van der Waals surface area contributed by atoms with Crippen molar-refractivity contribution in [1.29, 1.82) is 0 Å². The van der Waals surface area contributed by atoms with Crippen molar-refractivity contribution in [1.82, 2.24) is 0 Å². The predicted octanol–water partition coefficient (Wildman–Crippen LogP) is 4.11. The van der Waals surface area contributed by atoms with E-state index in [2.05, 4.69) is 15.7 Å². The number of hydrogen-bond acceptors (Lipinski definition) is 9. The zero-order chi connectivity index (χ0) is 22.4. The highest BCUT2D eigenvalue weighted by Crippen LogP contribution is 2.22. The second-order valence-electron chi connectivity index (χ2n) is 6.09. The summed E-state index contributed by atoms with van der Waals surface area (Å²) in [5.74, 6) is -2.06. The van der Waals surface area contributed by atoms with Crippen LogP contribution in [-0.4, -0.2) is 27.0 Å². The first-order valence-corrected chi connectivity index (χ1v) is 8.62. The fraction of sp³-hybridized carbons (Fsp3) is 0. The van der Waals surface area contributed by atoms with Gasteiger partial charge in [-0.1, -0.05) is 0 Å². The number of anilines is 1. The van der Waals surface area contributed by atoms with Crippen LogP contribution < -0.4 is 5.48 Å². The molecule has 1 amide bonds. The first kappa shape index (κ1) is 20.9. The van der Waals surface area contributed by atoms with Gasteiger partial charge in [0, 0.05) is 18.2 Å². The summed E-state index contributed by atoms with van der Waals surface area (Å²) >= 11 is 0. The van der Waals surface area contributed by atoms with E-state index < -0.39 is 16.8 Å². The van der Waals surface area contributed by atoms with Crippen LogP contribution in [0.4, 0.5) is 17.1 Å². The molecule has 0 aliphatic rings. The standard InChI is InChI=1S/C20H14N4O7/c25-17-9-13(10-18(26)11-17)19(27)22-21-14-3-5-15(6-4-14)23-31-20(28)12-1-7-16(8-2-12)24(29)30/h1-11,23,25-26H. The number of nitrogens with one attached hydrogen (secondary N) is 1. The Kier molecular flexibility index (Phi) is 6.16. The van der Waals surface area contributed by atoms with E-state index in [0.717, 1.165) is 18.2 Å². The van der Waals surface area contributed by atoms with Gasteiger partial charge in [0.25, 0.3) is 11.6 Å². The first-order valence-electron chi connectivity index (χ1n) is 8.62. The minimum absolute atomic E-state index is 0.0299. The first-order chi connectivity index (χ1) is 14.8. The number of nitro benzene ring substituents is 1. The number of carbonyl (C=O) groups excluding carboxylic acids is 2. The molecule has 31 heavy (non-hydrogen) atoms. The zero-order valence-electron chi connectivity index (χ0n) is 15.6. The lowest BCUT2D eigenvalue weighted by Crippen LogP contribution is -2.10. The maximum Gasteiger partial charge on any atom is 0.362 e. The van der Waals surface area contributed by atoms with Crippen LogP contribution in [0.5, 0.6) is 11.5 Å². The van der Waals surface area contributed by atoms with E-state index in [9.17, 15) is 29.9 Å². The summed E-state index contributed by atoms with van der Waals surface area (Å²) in [6, 6.07) is 14.3. The Morgan fingerprint density at radius 1 is 0.903 bits per heavy atom. The van der Waals surface area contributed by atoms with E-state index in [0.29, 0.717) is 11.4 Å². The molecule has 11 nitrogen and oxygen atoms in total. The Hall–Kier alpha value is -4.80. The fourth-order valence-corrected chi connectivity index (χ4v) is 2.36. The van der Waals surface area contributed by atoms with E-state index in [1.165, 1.54) is 48.5 Å². The van der Waals surface area contributed by atoms with Gasteiger partial charge in [-0.2, -0.15) is 0 Å². The molecule has 0 aliphatic heterocycles. The monoisotopic (exact) mass is 422 g/mol. The van der Waals surface area contributed by atoms with Crippen molar-refractivity contribution >= 4 is 28.9 Å². The van der Waals surface area contributed by atoms with Crippen molar-refractivity contribution in [2.45, 2.75) is 0 Å². The lowest BCUT2D eigenvalue weighted by Gasteiger charge is -2.06. The molecule has 0 saturated carbocycles. The highest BCUT2D eigenvalue weighted by molar-refractivity contribution is 5.95. The average Bonchev–Trinajstić information content (AvgIpc) is 2.76. The molecule has 3 N–H and O–H groups in total. The van der Waals surface area contributed by atoms with Crippen molar-refractivity contribution in [3.05, 3.63) is 88.0 Å². The fourth-order valence-electron chi connectivity index (χ4n) is 2.36. The van der Waals surface area contributed by atoms with Gasteiger partial charge in [-0.05, 0) is 48.5 Å². The van der Waals surface area contributed by atoms with E-state index in [1.807, 2.05) is 0 Å². The molecule has 11 heteroatoms. The summed E-state index contributed by atoms with van der Waals surface area (Å²) in [4.78, 5) is 38.9. The summed E-state index contributed by atoms with van der Waals surface area (Å²) < 4.78 is 0. The largest absolute Gasteiger partial charge is 0.508 e. The van der Waals surface area contributed by atoms with Crippen LogP contribution in [0.15, 0.2) is 77.0 Å². The number of azo groups is 1. The van der Waals surface area contributed by atoms with Crippen LogP contribution in [0.1, 0.15) is 20.7 Å². The Balaban J connectivity index is 1.57. The Morgan fingerprint density at radius 3 is 2.10 bits per heavy atom. The molecule has 0 bridgehead atoms. The number of amides is 1. The van der Waals surface area contributed by atoms with Crippen LogP contribution in [-0.2, 0) is 4.84 Å². The molecule has 0 saturated heterocycles. The van der Waals surface area contributed by atoms with Crippen LogP contribution in [0, 0.1) is 10.1 Å². The lowest BCUT2D eigenvalue weighted by molar-refractivity contribution is -0.384. The SMILES string of the molecule is O=C(N=Nc1ccc(NOC(=O)c2ccc([N+](=O)[O-])cc2)cc1)c1cc(O)cc(O)c1. The van der Waals surface area contributed by atoms with Gasteiger partial charge in [0.15, 0.2) is 0 Å². The minimum Gasteiger partial charge on any atom is -0.508 e. The van der Waals surface area contributed by atoms with E-state index >= 15 is 0 Å². The van der Waals surface area contributed by atoms with E-state index in [-0.39, 0.29) is 28.3 Å². The number of benzene rings is 3. The molecular formula is C20H14N4O7. The van der Waals surface area contributed by atoms with Crippen molar-refractivity contribution in [2.75, 3.05) is 5.48 Å². The number of rotatable bonds is 6. The van der Waals surface area contributed by atoms with Crippen LogP contribution in [0.3, 0.4) is 0 Å². The minimum atomic E-state index is -0.759. The average molecular weight is 422 g/mol. The van der Waals surface area contributed by atoms with Gasteiger partial charge >= 0.3 is 5.97 Å². The summed E-state index contributed by atoms with van der Waals surface area (Å²) in [7, 11) is 0. The van der Waals surface area contributed by atoms with Crippen LogP contribution in [0.25, 0.3) is 0 Å². The lowest BCUT2D eigenvalue weighted by atomic mass is 10.2. The van der Waals surface area contributed by atoms with Gasteiger partial charge in [0.2, 0.25) is 0 Å². The number of aromatic hydroxyl groups is 2. The van der Waals surface area contributed by atoms with Crippen LogP contribution >= 0.6 is 0 Å². The molecule has 3 rings (SSSR count). The van der Waals surface area contributed by atoms with Gasteiger partial charge in [-0.25, -0.2) is 10.3 Å². The predicted molar refractivity (Wildman–Crippen MR) is 107 cm³/mol. The summed E-state index contributed by atoms with van der Waals surface area (Å²) in [6.45, 7) is 0. The molecule has 156 valence electrons. The third kappa shape index (κ3) is 5.60.